The van der Waals surface area contributed by atoms with Crippen molar-refractivity contribution in [1.29, 1.82) is 0 Å². The molecule has 1 aliphatic heterocycles. The van der Waals surface area contributed by atoms with Crippen LogP contribution in [0.4, 0.5) is 0 Å². The van der Waals surface area contributed by atoms with Crippen LogP contribution in [0.1, 0.15) is 33.1 Å². The van der Waals surface area contributed by atoms with E-state index in [2.05, 4.69) is 31.1 Å². The van der Waals surface area contributed by atoms with Crippen molar-refractivity contribution in [2.24, 2.45) is 5.92 Å². The molecule has 76 valence electrons. The van der Waals surface area contributed by atoms with Crippen LogP contribution in [-0.2, 0) is 0 Å². The topological polar surface area (TPSA) is 15.3 Å². The maximum atomic E-state index is 3.71. The number of rotatable bonds is 2. The number of hydrogen-bond donors (Lipinski definition) is 1. The Hall–Kier alpha value is -0.0800. The monoisotopic (exact) mass is 182 g/mol. The zero-order valence-corrected chi connectivity index (χ0v) is 9.14. The fraction of sp³-hybridized carbons (Fsp3) is 1.00. The van der Waals surface area contributed by atoms with Crippen molar-refractivity contribution in [1.82, 2.24) is 10.2 Å². The highest BCUT2D eigenvalue weighted by Gasteiger charge is 2.40. The van der Waals surface area contributed by atoms with E-state index in [0.29, 0.717) is 5.54 Å². The maximum absolute atomic E-state index is 3.71. The summed E-state index contributed by atoms with van der Waals surface area (Å²) in [6, 6.07) is 0.819. The summed E-state index contributed by atoms with van der Waals surface area (Å²) in [7, 11) is 2.29. The molecule has 1 saturated heterocycles. The average molecular weight is 182 g/mol. The second-order valence-electron chi connectivity index (χ2n) is 5.12. The van der Waals surface area contributed by atoms with Crippen molar-refractivity contribution < 1.29 is 0 Å². The van der Waals surface area contributed by atoms with Crippen molar-refractivity contribution >= 4 is 0 Å². The smallest absolute Gasteiger partial charge is 0.0278 e. The van der Waals surface area contributed by atoms with Crippen molar-refractivity contribution in [2.45, 2.75) is 44.7 Å². The minimum Gasteiger partial charge on any atom is -0.309 e. The lowest BCUT2D eigenvalue weighted by atomic mass is 9.93. The van der Waals surface area contributed by atoms with Crippen LogP contribution in [0.25, 0.3) is 0 Å². The molecule has 2 nitrogen and oxygen atoms in total. The average Bonchev–Trinajstić information content (AvgIpc) is 2.88. The van der Waals surface area contributed by atoms with Gasteiger partial charge in [0.05, 0.1) is 0 Å². The molecule has 2 fully saturated rings. The molecule has 0 aromatic carbocycles. The number of likely N-dealkylation sites (N-methyl/N-ethyl adjacent to an activating group) is 1. The fourth-order valence-electron chi connectivity index (χ4n) is 2.47. The predicted octanol–water partition coefficient (Wildman–Crippen LogP) is 1.47. The first-order valence-corrected chi connectivity index (χ1v) is 5.60. The Morgan fingerprint density at radius 2 is 2.15 bits per heavy atom. The molecule has 1 N–H and O–H groups in total. The van der Waals surface area contributed by atoms with Crippen LogP contribution in [-0.4, -0.2) is 36.6 Å². The molecule has 0 amide bonds. The Kier molecular flexibility index (Phi) is 2.37. The van der Waals surface area contributed by atoms with Crippen LogP contribution in [0.3, 0.4) is 0 Å². The van der Waals surface area contributed by atoms with E-state index in [1.807, 2.05) is 0 Å². The SMILES string of the molecule is CCC1(C)CN(C)C(C2CC2)CN1. The van der Waals surface area contributed by atoms with Crippen molar-refractivity contribution in [2.75, 3.05) is 20.1 Å². The molecule has 0 spiro atoms. The summed E-state index contributed by atoms with van der Waals surface area (Å²) in [5.41, 5.74) is 0.361. The molecule has 2 atom stereocenters. The standard InChI is InChI=1S/C11H22N2/c1-4-11(2)8-13(3)10(7-12-11)9-5-6-9/h9-10,12H,4-8H2,1-3H3. The number of hydrogen-bond acceptors (Lipinski definition) is 2. The first-order chi connectivity index (χ1) is 6.14. The molecule has 0 radical (unpaired) electrons. The predicted molar refractivity (Wildman–Crippen MR) is 55.8 cm³/mol. The van der Waals surface area contributed by atoms with Gasteiger partial charge in [0.15, 0.2) is 0 Å². The Balaban J connectivity index is 1.94. The summed E-state index contributed by atoms with van der Waals surface area (Å²) >= 11 is 0. The van der Waals surface area contributed by atoms with E-state index in [-0.39, 0.29) is 0 Å². The highest BCUT2D eigenvalue weighted by atomic mass is 15.2. The summed E-state index contributed by atoms with van der Waals surface area (Å²) in [6.07, 6.45) is 4.15. The van der Waals surface area contributed by atoms with E-state index in [1.165, 1.54) is 32.4 Å². The van der Waals surface area contributed by atoms with Crippen LogP contribution in [0, 0.1) is 5.92 Å². The molecule has 1 aliphatic carbocycles. The van der Waals surface area contributed by atoms with Gasteiger partial charge in [-0.2, -0.15) is 0 Å². The molecule has 2 heteroatoms. The molecule has 0 aromatic rings. The minimum atomic E-state index is 0.361. The quantitative estimate of drug-likeness (QED) is 0.695. The minimum absolute atomic E-state index is 0.361. The van der Waals surface area contributed by atoms with E-state index in [4.69, 9.17) is 0 Å². The Morgan fingerprint density at radius 1 is 1.46 bits per heavy atom. The van der Waals surface area contributed by atoms with Gasteiger partial charge in [0, 0.05) is 24.7 Å². The summed E-state index contributed by atoms with van der Waals surface area (Å²) in [6.45, 7) is 7.03. The van der Waals surface area contributed by atoms with Gasteiger partial charge < -0.3 is 10.2 Å². The number of piperazine rings is 1. The van der Waals surface area contributed by atoms with Gasteiger partial charge in [-0.1, -0.05) is 6.92 Å². The summed E-state index contributed by atoms with van der Waals surface area (Å²) < 4.78 is 0. The van der Waals surface area contributed by atoms with Gasteiger partial charge in [0.2, 0.25) is 0 Å². The highest BCUT2D eigenvalue weighted by molar-refractivity contribution is 4.98. The van der Waals surface area contributed by atoms with E-state index in [1.54, 1.807) is 0 Å². The van der Waals surface area contributed by atoms with Gasteiger partial charge in [-0.05, 0) is 39.2 Å². The van der Waals surface area contributed by atoms with Gasteiger partial charge in [-0.25, -0.2) is 0 Å². The number of nitrogens with zero attached hydrogens (tertiary/aromatic N) is 1. The van der Waals surface area contributed by atoms with Crippen LogP contribution >= 0.6 is 0 Å². The molecule has 1 saturated carbocycles. The first kappa shape index (κ1) is 9.47. The van der Waals surface area contributed by atoms with Gasteiger partial charge in [0.1, 0.15) is 0 Å². The van der Waals surface area contributed by atoms with Crippen molar-refractivity contribution in [3.63, 3.8) is 0 Å². The molecular formula is C11H22N2. The zero-order valence-electron chi connectivity index (χ0n) is 9.14. The molecule has 0 bridgehead atoms. The van der Waals surface area contributed by atoms with Crippen molar-refractivity contribution in [3.05, 3.63) is 0 Å². The van der Waals surface area contributed by atoms with E-state index in [0.717, 1.165) is 12.0 Å². The third kappa shape index (κ3) is 1.89. The molecule has 1 heterocycles. The largest absolute Gasteiger partial charge is 0.309 e. The molecule has 13 heavy (non-hydrogen) atoms. The highest BCUT2D eigenvalue weighted by Crippen LogP contribution is 2.36. The van der Waals surface area contributed by atoms with E-state index in [9.17, 15) is 0 Å². The van der Waals surface area contributed by atoms with E-state index < -0.39 is 0 Å². The molecule has 2 rings (SSSR count). The summed E-state index contributed by atoms with van der Waals surface area (Å²) in [5.74, 6) is 0.999. The molecule has 0 aromatic heterocycles. The summed E-state index contributed by atoms with van der Waals surface area (Å²) in [5, 5.41) is 3.71. The maximum Gasteiger partial charge on any atom is 0.0278 e. The lowest BCUT2D eigenvalue weighted by Crippen LogP contribution is -2.62. The third-order valence-electron chi connectivity index (χ3n) is 3.85. The second-order valence-corrected chi connectivity index (χ2v) is 5.12. The van der Waals surface area contributed by atoms with Crippen LogP contribution in [0.2, 0.25) is 0 Å². The first-order valence-electron chi connectivity index (χ1n) is 5.60. The van der Waals surface area contributed by atoms with Crippen LogP contribution < -0.4 is 5.32 Å². The van der Waals surface area contributed by atoms with Crippen molar-refractivity contribution in [3.8, 4) is 0 Å². The second kappa shape index (κ2) is 3.25. The Labute approximate surface area is 81.7 Å². The third-order valence-corrected chi connectivity index (χ3v) is 3.85. The molecule has 2 unspecified atom stereocenters. The van der Waals surface area contributed by atoms with E-state index >= 15 is 0 Å². The summed E-state index contributed by atoms with van der Waals surface area (Å²) in [4.78, 5) is 2.57. The molecule has 2 aliphatic rings. The Bertz CT molecular complexity index is 189. The fourth-order valence-corrected chi connectivity index (χ4v) is 2.47. The molecular weight excluding hydrogens is 160 g/mol. The van der Waals surface area contributed by atoms with Gasteiger partial charge in [-0.3, -0.25) is 0 Å². The lowest BCUT2D eigenvalue weighted by Gasteiger charge is -2.44. The normalized spacial score (nSPS) is 42.2. The van der Waals surface area contributed by atoms with Gasteiger partial charge >= 0.3 is 0 Å². The van der Waals surface area contributed by atoms with Gasteiger partial charge in [-0.15, -0.1) is 0 Å². The van der Waals surface area contributed by atoms with Crippen LogP contribution in [0.15, 0.2) is 0 Å². The lowest BCUT2D eigenvalue weighted by molar-refractivity contribution is 0.0975. The Morgan fingerprint density at radius 3 is 2.62 bits per heavy atom. The van der Waals surface area contributed by atoms with Crippen LogP contribution in [0.5, 0.6) is 0 Å². The zero-order chi connectivity index (χ0) is 9.47. The van der Waals surface area contributed by atoms with Gasteiger partial charge in [0.25, 0.3) is 0 Å². The number of nitrogens with one attached hydrogen (secondary N) is 1.